The minimum atomic E-state index is 1.19. The van der Waals surface area contributed by atoms with Gasteiger partial charge in [0.15, 0.2) is 0 Å². The third-order valence-electron chi connectivity index (χ3n) is 2.42. The highest BCUT2D eigenvalue weighted by molar-refractivity contribution is 14.1. The van der Waals surface area contributed by atoms with Crippen LogP contribution >= 0.6 is 49.9 Å². The van der Waals surface area contributed by atoms with Crippen molar-refractivity contribution in [2.75, 3.05) is 0 Å². The molecule has 2 aromatic carbocycles. The van der Waals surface area contributed by atoms with E-state index in [4.69, 9.17) is 0 Å². The third-order valence-corrected chi connectivity index (χ3v) is 5.45. The van der Waals surface area contributed by atoms with Crippen LogP contribution in [0.4, 0.5) is 0 Å². The molecule has 1 heterocycles. The van der Waals surface area contributed by atoms with Crippen LogP contribution in [0.2, 0.25) is 0 Å². The second-order valence-electron chi connectivity index (χ2n) is 3.33. The Balaban J connectivity index is 2.65. The maximum absolute atomic E-state index is 3.61. The molecule has 0 nitrogen and oxygen atoms in total. The summed E-state index contributed by atoms with van der Waals surface area (Å²) in [5, 5.41) is 2.74. The van der Waals surface area contributed by atoms with Crippen molar-refractivity contribution in [1.82, 2.24) is 0 Å². The lowest BCUT2D eigenvalue weighted by atomic mass is 10.2. The first kappa shape index (κ1) is 10.1. The molecule has 0 aliphatic heterocycles. The maximum atomic E-state index is 3.61. The van der Waals surface area contributed by atoms with Crippen LogP contribution in [0.1, 0.15) is 0 Å². The summed E-state index contributed by atoms with van der Waals surface area (Å²) >= 11 is 7.86. The predicted molar refractivity (Wildman–Crippen MR) is 79.7 cm³/mol. The molecule has 1 aromatic heterocycles. The SMILES string of the molecule is Brc1cccc2c1sc1cccc(I)c12. The molecule has 0 N–H and O–H groups in total. The van der Waals surface area contributed by atoms with E-state index in [1.54, 1.807) is 0 Å². The van der Waals surface area contributed by atoms with Crippen molar-refractivity contribution in [2.24, 2.45) is 0 Å². The van der Waals surface area contributed by atoms with E-state index in [1.165, 1.54) is 28.2 Å². The fraction of sp³-hybridized carbons (Fsp3) is 0. The van der Waals surface area contributed by atoms with Gasteiger partial charge in [0.2, 0.25) is 0 Å². The molecule has 0 fully saturated rings. The average Bonchev–Trinajstić information content (AvgIpc) is 2.59. The summed E-state index contributed by atoms with van der Waals surface area (Å²) in [4.78, 5) is 0. The van der Waals surface area contributed by atoms with Gasteiger partial charge in [-0.3, -0.25) is 0 Å². The molecule has 0 saturated carbocycles. The lowest BCUT2D eigenvalue weighted by Gasteiger charge is -1.95. The van der Waals surface area contributed by atoms with Crippen LogP contribution in [0.3, 0.4) is 0 Å². The monoisotopic (exact) mass is 388 g/mol. The van der Waals surface area contributed by atoms with E-state index in [-0.39, 0.29) is 0 Å². The highest BCUT2D eigenvalue weighted by Crippen LogP contribution is 2.39. The molecule has 0 aliphatic rings. The Morgan fingerprint density at radius 1 is 1.07 bits per heavy atom. The molecule has 0 aliphatic carbocycles. The topological polar surface area (TPSA) is 0 Å². The van der Waals surface area contributed by atoms with Gasteiger partial charge in [-0.1, -0.05) is 18.2 Å². The van der Waals surface area contributed by atoms with E-state index in [9.17, 15) is 0 Å². The van der Waals surface area contributed by atoms with Gasteiger partial charge in [0.05, 0.1) is 0 Å². The van der Waals surface area contributed by atoms with Crippen LogP contribution in [0.25, 0.3) is 20.2 Å². The van der Waals surface area contributed by atoms with Crippen molar-refractivity contribution >= 4 is 70.0 Å². The Kier molecular flexibility index (Phi) is 2.49. The van der Waals surface area contributed by atoms with Gasteiger partial charge in [-0.25, -0.2) is 0 Å². The molecule has 15 heavy (non-hydrogen) atoms. The lowest BCUT2D eigenvalue weighted by Crippen LogP contribution is -1.72. The van der Waals surface area contributed by atoms with E-state index in [2.05, 4.69) is 74.9 Å². The molecule has 0 radical (unpaired) electrons. The molecule has 3 aromatic rings. The third kappa shape index (κ3) is 1.52. The molecular formula is C12H6BrIS. The van der Waals surface area contributed by atoms with Crippen LogP contribution in [-0.4, -0.2) is 0 Å². The van der Waals surface area contributed by atoms with Crippen molar-refractivity contribution in [2.45, 2.75) is 0 Å². The summed E-state index contributed by atoms with van der Waals surface area (Å²) in [6, 6.07) is 12.9. The normalized spacial score (nSPS) is 11.3. The van der Waals surface area contributed by atoms with E-state index in [0.29, 0.717) is 0 Å². The van der Waals surface area contributed by atoms with E-state index in [1.807, 2.05) is 11.3 Å². The number of benzene rings is 2. The molecule has 0 amide bonds. The molecule has 0 bridgehead atoms. The van der Waals surface area contributed by atoms with Crippen molar-refractivity contribution in [3.05, 3.63) is 44.4 Å². The molecule has 0 atom stereocenters. The lowest BCUT2D eigenvalue weighted by molar-refractivity contribution is 1.77. The quantitative estimate of drug-likeness (QED) is 0.451. The molecular weight excluding hydrogens is 383 g/mol. The Morgan fingerprint density at radius 3 is 2.73 bits per heavy atom. The van der Waals surface area contributed by atoms with Crippen LogP contribution in [0, 0.1) is 3.57 Å². The maximum Gasteiger partial charge on any atom is 0.0497 e. The van der Waals surface area contributed by atoms with Crippen LogP contribution in [0.5, 0.6) is 0 Å². The highest BCUT2D eigenvalue weighted by Gasteiger charge is 2.08. The summed E-state index contributed by atoms with van der Waals surface area (Å²) < 4.78 is 5.23. The van der Waals surface area contributed by atoms with E-state index < -0.39 is 0 Å². The highest BCUT2D eigenvalue weighted by atomic mass is 127. The Labute approximate surface area is 114 Å². The van der Waals surface area contributed by atoms with E-state index in [0.717, 1.165) is 0 Å². The Morgan fingerprint density at radius 2 is 1.87 bits per heavy atom. The minimum absolute atomic E-state index is 1.19. The zero-order valence-electron chi connectivity index (χ0n) is 7.63. The van der Waals surface area contributed by atoms with Gasteiger partial charge in [0.1, 0.15) is 0 Å². The van der Waals surface area contributed by atoms with Gasteiger partial charge < -0.3 is 0 Å². The van der Waals surface area contributed by atoms with Gasteiger partial charge in [-0.05, 0) is 56.7 Å². The number of hydrogen-bond donors (Lipinski definition) is 0. The first-order valence-corrected chi connectivity index (χ1v) is 7.21. The second-order valence-corrected chi connectivity index (χ2v) is 6.40. The number of thiophene rings is 1. The average molecular weight is 389 g/mol. The number of rotatable bonds is 0. The fourth-order valence-electron chi connectivity index (χ4n) is 1.77. The molecule has 0 unspecified atom stereocenters. The number of halogens is 2. The minimum Gasteiger partial charge on any atom is -0.134 e. The summed E-state index contributed by atoms with van der Waals surface area (Å²) in [5.74, 6) is 0. The predicted octanol–water partition coefficient (Wildman–Crippen LogP) is 5.42. The summed E-state index contributed by atoms with van der Waals surface area (Å²) in [7, 11) is 0. The van der Waals surface area contributed by atoms with Gasteiger partial charge >= 0.3 is 0 Å². The Hall–Kier alpha value is -0.130. The zero-order chi connectivity index (χ0) is 10.4. The zero-order valence-corrected chi connectivity index (χ0v) is 12.2. The van der Waals surface area contributed by atoms with Gasteiger partial charge in [0.25, 0.3) is 0 Å². The smallest absolute Gasteiger partial charge is 0.0497 e. The Bertz CT molecular complexity index is 657. The van der Waals surface area contributed by atoms with Crippen molar-refractivity contribution in [3.63, 3.8) is 0 Å². The second kappa shape index (κ2) is 3.71. The standard InChI is InChI=1S/C12H6BrIS/c13-8-4-1-3-7-11-9(14)5-2-6-10(11)15-12(7)8/h1-6H. The largest absolute Gasteiger partial charge is 0.134 e. The molecule has 74 valence electrons. The van der Waals surface area contributed by atoms with Crippen LogP contribution in [0.15, 0.2) is 40.9 Å². The van der Waals surface area contributed by atoms with Gasteiger partial charge in [-0.2, -0.15) is 0 Å². The summed E-state index contributed by atoms with van der Waals surface area (Å²) in [5.41, 5.74) is 0. The molecule has 3 heteroatoms. The van der Waals surface area contributed by atoms with Crippen molar-refractivity contribution < 1.29 is 0 Å². The first-order valence-electron chi connectivity index (χ1n) is 4.52. The first-order chi connectivity index (χ1) is 7.27. The van der Waals surface area contributed by atoms with Gasteiger partial charge in [0, 0.05) is 28.2 Å². The van der Waals surface area contributed by atoms with Crippen LogP contribution in [-0.2, 0) is 0 Å². The number of hydrogen-bond acceptors (Lipinski definition) is 1. The number of fused-ring (bicyclic) bond motifs is 3. The van der Waals surface area contributed by atoms with Crippen molar-refractivity contribution in [1.29, 1.82) is 0 Å². The van der Waals surface area contributed by atoms with Crippen LogP contribution < -0.4 is 0 Å². The fourth-order valence-corrected chi connectivity index (χ4v) is 4.48. The van der Waals surface area contributed by atoms with E-state index >= 15 is 0 Å². The molecule has 0 spiro atoms. The summed E-state index contributed by atoms with van der Waals surface area (Å²) in [6.45, 7) is 0. The van der Waals surface area contributed by atoms with Gasteiger partial charge in [-0.15, -0.1) is 11.3 Å². The van der Waals surface area contributed by atoms with Crippen molar-refractivity contribution in [3.8, 4) is 0 Å². The molecule has 0 saturated heterocycles. The molecule has 3 rings (SSSR count). The summed E-state index contributed by atoms with van der Waals surface area (Å²) in [6.07, 6.45) is 0.